The van der Waals surface area contributed by atoms with Crippen molar-refractivity contribution in [1.29, 1.82) is 0 Å². The van der Waals surface area contributed by atoms with Crippen LogP contribution in [0.15, 0.2) is 106 Å². The van der Waals surface area contributed by atoms with Crippen molar-refractivity contribution in [1.82, 2.24) is 10.2 Å². The number of methoxy groups -OCH3 is 2. The zero-order chi connectivity index (χ0) is 34.0. The highest BCUT2D eigenvalue weighted by Crippen LogP contribution is 2.34. The summed E-state index contributed by atoms with van der Waals surface area (Å²) in [5, 5.41) is 2.95. The first-order valence-corrected chi connectivity index (χ1v) is 17.5. The third kappa shape index (κ3) is 9.14. The van der Waals surface area contributed by atoms with E-state index in [2.05, 4.69) is 21.2 Å². The van der Waals surface area contributed by atoms with E-state index in [1.54, 1.807) is 24.3 Å². The van der Waals surface area contributed by atoms with E-state index in [1.165, 1.54) is 37.3 Å². The molecule has 248 valence electrons. The topological polar surface area (TPSA) is 105 Å². The molecule has 0 radical (unpaired) electrons. The Morgan fingerprint density at radius 1 is 0.851 bits per heavy atom. The quantitative estimate of drug-likeness (QED) is 0.158. The molecule has 0 spiro atoms. The molecular formula is C36H40BrN3O6S. The van der Waals surface area contributed by atoms with Crippen LogP contribution in [0.4, 0.5) is 5.69 Å². The Morgan fingerprint density at radius 3 is 2.17 bits per heavy atom. The Bertz CT molecular complexity index is 1770. The molecular weight excluding hydrogens is 682 g/mol. The van der Waals surface area contributed by atoms with Crippen molar-refractivity contribution in [3.05, 3.63) is 118 Å². The van der Waals surface area contributed by atoms with Crippen LogP contribution in [0.2, 0.25) is 0 Å². The molecule has 47 heavy (non-hydrogen) atoms. The van der Waals surface area contributed by atoms with Gasteiger partial charge in [0.05, 0.1) is 24.8 Å². The molecule has 0 aliphatic rings. The zero-order valence-electron chi connectivity index (χ0n) is 27.0. The second kappa shape index (κ2) is 16.5. The van der Waals surface area contributed by atoms with Gasteiger partial charge in [0, 0.05) is 30.0 Å². The predicted molar refractivity (Wildman–Crippen MR) is 187 cm³/mol. The summed E-state index contributed by atoms with van der Waals surface area (Å²) >= 11 is 3.50. The molecule has 0 bridgehead atoms. The van der Waals surface area contributed by atoms with Crippen LogP contribution >= 0.6 is 15.9 Å². The van der Waals surface area contributed by atoms with Crippen LogP contribution in [0, 0.1) is 6.92 Å². The molecule has 4 aromatic carbocycles. The fourth-order valence-corrected chi connectivity index (χ4v) is 6.95. The van der Waals surface area contributed by atoms with Crippen LogP contribution in [-0.2, 0) is 32.6 Å². The summed E-state index contributed by atoms with van der Waals surface area (Å²) in [6.07, 6.45) is 0.947. The number of carbonyl (C=O) groups excluding carboxylic acids is 2. The van der Waals surface area contributed by atoms with E-state index in [9.17, 15) is 18.0 Å². The van der Waals surface area contributed by atoms with Crippen LogP contribution in [0.25, 0.3) is 0 Å². The molecule has 0 heterocycles. The van der Waals surface area contributed by atoms with Crippen molar-refractivity contribution < 1.29 is 27.5 Å². The minimum absolute atomic E-state index is 0.0192. The highest BCUT2D eigenvalue weighted by molar-refractivity contribution is 9.10. The maximum Gasteiger partial charge on any atom is 0.264 e. The fourth-order valence-electron chi connectivity index (χ4n) is 5.10. The first kappa shape index (κ1) is 35.5. The van der Waals surface area contributed by atoms with Crippen molar-refractivity contribution in [3.63, 3.8) is 0 Å². The summed E-state index contributed by atoms with van der Waals surface area (Å²) in [6.45, 7) is 3.74. The Labute approximate surface area is 285 Å². The van der Waals surface area contributed by atoms with E-state index in [0.29, 0.717) is 24.5 Å². The number of carbonyl (C=O) groups is 2. The number of anilines is 1. The second-order valence-corrected chi connectivity index (χ2v) is 13.8. The zero-order valence-corrected chi connectivity index (χ0v) is 29.4. The number of benzene rings is 4. The van der Waals surface area contributed by atoms with Crippen LogP contribution in [-0.4, -0.2) is 58.5 Å². The lowest BCUT2D eigenvalue weighted by atomic mass is 10.0. The van der Waals surface area contributed by atoms with E-state index in [4.69, 9.17) is 9.47 Å². The minimum atomic E-state index is -4.26. The average Bonchev–Trinajstić information content (AvgIpc) is 3.07. The summed E-state index contributed by atoms with van der Waals surface area (Å²) in [7, 11) is -1.32. The van der Waals surface area contributed by atoms with Crippen LogP contribution in [0.3, 0.4) is 0 Å². The predicted octanol–water partition coefficient (Wildman–Crippen LogP) is 6.14. The molecule has 0 unspecified atom stereocenters. The van der Waals surface area contributed by atoms with Gasteiger partial charge in [-0.25, -0.2) is 8.42 Å². The number of hydrogen-bond acceptors (Lipinski definition) is 6. The molecule has 1 atom stereocenters. The molecule has 0 aliphatic carbocycles. The summed E-state index contributed by atoms with van der Waals surface area (Å²) < 4.78 is 41.3. The minimum Gasteiger partial charge on any atom is -0.493 e. The van der Waals surface area contributed by atoms with E-state index in [-0.39, 0.29) is 29.5 Å². The van der Waals surface area contributed by atoms with Gasteiger partial charge in [0.25, 0.3) is 10.0 Å². The van der Waals surface area contributed by atoms with Crippen LogP contribution < -0.4 is 19.1 Å². The normalized spacial score (nSPS) is 11.8. The molecule has 11 heteroatoms. The molecule has 0 saturated heterocycles. The van der Waals surface area contributed by atoms with E-state index >= 15 is 0 Å². The number of nitrogens with one attached hydrogen (secondary N) is 1. The van der Waals surface area contributed by atoms with Gasteiger partial charge in [0.2, 0.25) is 11.8 Å². The number of ether oxygens (including phenoxy) is 2. The van der Waals surface area contributed by atoms with E-state index < -0.39 is 28.5 Å². The van der Waals surface area contributed by atoms with Crippen molar-refractivity contribution in [2.75, 3.05) is 31.6 Å². The number of halogens is 1. The Kier molecular flexibility index (Phi) is 12.4. The summed E-state index contributed by atoms with van der Waals surface area (Å²) in [4.78, 5) is 29.9. The number of rotatable bonds is 15. The molecule has 0 aliphatic heterocycles. The number of aryl methyl sites for hydroxylation is 1. The standard InChI is InChI=1S/C36H40BrN3O6S/c1-5-20-38-36(42)32(22-27-10-7-6-8-11-27)39(24-28-12-9-13-29(37)21-28)35(41)25-40(30-16-19-33(45-3)34(23-30)46-4)47(43,44)31-17-14-26(2)15-18-31/h6-19,21,23,32H,5,20,22,24-25H2,1-4H3,(H,38,42)/t32-/m1/s1. The molecule has 4 rings (SSSR count). The highest BCUT2D eigenvalue weighted by Gasteiger charge is 2.35. The second-order valence-electron chi connectivity index (χ2n) is 11.0. The van der Waals surface area contributed by atoms with E-state index in [0.717, 1.165) is 25.5 Å². The number of sulfonamides is 1. The third-order valence-electron chi connectivity index (χ3n) is 7.61. The summed E-state index contributed by atoms with van der Waals surface area (Å²) in [6, 6.07) is 27.1. The molecule has 2 amide bonds. The highest BCUT2D eigenvalue weighted by atomic mass is 79.9. The molecule has 9 nitrogen and oxygen atoms in total. The SMILES string of the molecule is CCCNC(=O)[C@@H](Cc1ccccc1)N(Cc1cccc(Br)c1)C(=O)CN(c1ccc(OC)c(OC)c1)S(=O)(=O)c1ccc(C)cc1. The smallest absolute Gasteiger partial charge is 0.264 e. The van der Waals surface area contributed by atoms with E-state index in [1.807, 2.05) is 68.4 Å². The summed E-state index contributed by atoms with van der Waals surface area (Å²) in [5.41, 5.74) is 2.72. The average molecular weight is 723 g/mol. The first-order chi connectivity index (χ1) is 22.6. The number of amides is 2. The Balaban J connectivity index is 1.84. The number of hydrogen-bond donors (Lipinski definition) is 1. The van der Waals surface area contributed by atoms with Gasteiger partial charge in [-0.15, -0.1) is 0 Å². The molecule has 1 N–H and O–H groups in total. The lowest BCUT2D eigenvalue weighted by Crippen LogP contribution is -2.53. The van der Waals surface area contributed by atoms with Gasteiger partial charge >= 0.3 is 0 Å². The molecule has 0 fully saturated rings. The maximum atomic E-state index is 14.6. The van der Waals surface area contributed by atoms with Gasteiger partial charge in [-0.1, -0.05) is 83.0 Å². The molecule has 4 aromatic rings. The number of nitrogens with zero attached hydrogens (tertiary/aromatic N) is 2. The largest absolute Gasteiger partial charge is 0.493 e. The lowest BCUT2D eigenvalue weighted by Gasteiger charge is -2.34. The van der Waals surface area contributed by atoms with Crippen LogP contribution in [0.1, 0.15) is 30.0 Å². The Morgan fingerprint density at radius 2 is 1.53 bits per heavy atom. The van der Waals surface area contributed by atoms with Gasteiger partial charge in [0.1, 0.15) is 12.6 Å². The van der Waals surface area contributed by atoms with Gasteiger partial charge in [-0.2, -0.15) is 0 Å². The van der Waals surface area contributed by atoms with Gasteiger partial charge < -0.3 is 19.7 Å². The lowest BCUT2D eigenvalue weighted by molar-refractivity contribution is -0.140. The van der Waals surface area contributed by atoms with Crippen molar-refractivity contribution in [2.24, 2.45) is 0 Å². The van der Waals surface area contributed by atoms with Crippen molar-refractivity contribution in [2.45, 2.75) is 44.2 Å². The van der Waals surface area contributed by atoms with Crippen LogP contribution in [0.5, 0.6) is 11.5 Å². The Hall–Kier alpha value is -4.35. The molecule has 0 aromatic heterocycles. The third-order valence-corrected chi connectivity index (χ3v) is 9.89. The maximum absolute atomic E-state index is 14.6. The summed E-state index contributed by atoms with van der Waals surface area (Å²) in [5.74, 6) is -0.170. The fraction of sp³-hybridized carbons (Fsp3) is 0.278. The monoisotopic (exact) mass is 721 g/mol. The van der Waals surface area contributed by atoms with Gasteiger partial charge in [0.15, 0.2) is 11.5 Å². The van der Waals surface area contributed by atoms with Crippen molar-refractivity contribution >= 4 is 43.5 Å². The van der Waals surface area contributed by atoms with Gasteiger partial charge in [-0.3, -0.25) is 13.9 Å². The first-order valence-electron chi connectivity index (χ1n) is 15.2. The molecule has 0 saturated carbocycles. The van der Waals surface area contributed by atoms with Gasteiger partial charge in [-0.05, 0) is 60.9 Å². The van der Waals surface area contributed by atoms with Crippen molar-refractivity contribution in [3.8, 4) is 11.5 Å².